The zero-order valence-electron chi connectivity index (χ0n) is 5.27. The van der Waals surface area contributed by atoms with E-state index in [1.165, 1.54) is 0 Å². The minimum atomic E-state index is -2.55. The molecule has 1 aromatic heterocycles. The maximum Gasteiger partial charge on any atom is 0.265 e. The van der Waals surface area contributed by atoms with Crippen LogP contribution in [-0.2, 0) is 0 Å². The summed E-state index contributed by atoms with van der Waals surface area (Å²) in [6.07, 6.45) is -1.55. The highest BCUT2D eigenvalue weighted by molar-refractivity contribution is 9.10. The van der Waals surface area contributed by atoms with Crippen molar-refractivity contribution < 1.29 is 8.78 Å². The van der Waals surface area contributed by atoms with Crippen LogP contribution in [0.25, 0.3) is 0 Å². The van der Waals surface area contributed by atoms with Crippen molar-refractivity contribution in [1.29, 1.82) is 0 Å². The number of hydrogen-bond acceptors (Lipinski definition) is 1. The Kier molecular flexibility index (Phi) is 2.38. The second-order valence-corrected chi connectivity index (χ2v) is 2.77. The summed E-state index contributed by atoms with van der Waals surface area (Å²) < 4.78 is 24.0. The average molecular weight is 224 g/mol. The van der Waals surface area contributed by atoms with Gasteiger partial charge in [0.25, 0.3) is 12.0 Å². The van der Waals surface area contributed by atoms with Crippen LogP contribution in [0.2, 0.25) is 0 Å². The first-order valence-corrected chi connectivity index (χ1v) is 3.57. The Morgan fingerprint density at radius 1 is 1.55 bits per heavy atom. The van der Waals surface area contributed by atoms with Gasteiger partial charge in [-0.1, -0.05) is 0 Å². The fourth-order valence-electron chi connectivity index (χ4n) is 0.597. The highest BCUT2D eigenvalue weighted by atomic mass is 79.9. The van der Waals surface area contributed by atoms with E-state index < -0.39 is 12.0 Å². The highest BCUT2D eigenvalue weighted by Gasteiger charge is 2.07. The van der Waals surface area contributed by atoms with Crippen molar-refractivity contribution in [3.8, 4) is 0 Å². The van der Waals surface area contributed by atoms with Crippen LogP contribution in [0.3, 0.4) is 0 Å². The number of alkyl halides is 2. The molecule has 60 valence electrons. The second kappa shape index (κ2) is 3.13. The Hall–Kier alpha value is -0.710. The number of H-pyrrole nitrogens is 1. The molecule has 0 saturated carbocycles. The predicted octanol–water partition coefficient (Wildman–Crippen LogP) is 2.08. The molecule has 1 N–H and O–H groups in total. The SMILES string of the molecule is O=c1[nH]cc(C(F)F)cc1Br. The minimum Gasteiger partial charge on any atom is -0.328 e. The Balaban J connectivity index is 3.15. The number of rotatable bonds is 1. The molecule has 0 bridgehead atoms. The van der Waals surface area contributed by atoms with Crippen LogP contribution in [0.15, 0.2) is 21.5 Å². The maximum atomic E-state index is 11.9. The molecule has 0 spiro atoms. The zero-order chi connectivity index (χ0) is 8.43. The summed E-state index contributed by atoms with van der Waals surface area (Å²) in [5.41, 5.74) is -0.606. The molecule has 0 aliphatic heterocycles. The fraction of sp³-hybridized carbons (Fsp3) is 0.167. The van der Waals surface area contributed by atoms with E-state index in [2.05, 4.69) is 20.9 Å². The van der Waals surface area contributed by atoms with Crippen molar-refractivity contribution in [1.82, 2.24) is 4.98 Å². The van der Waals surface area contributed by atoms with Gasteiger partial charge in [0.2, 0.25) is 0 Å². The lowest BCUT2D eigenvalue weighted by molar-refractivity contribution is 0.151. The first-order chi connectivity index (χ1) is 5.11. The summed E-state index contributed by atoms with van der Waals surface area (Å²) in [5, 5.41) is 0. The van der Waals surface area contributed by atoms with Gasteiger partial charge in [-0.25, -0.2) is 8.78 Å². The van der Waals surface area contributed by atoms with E-state index in [1.54, 1.807) is 0 Å². The molecule has 0 amide bonds. The van der Waals surface area contributed by atoms with Crippen LogP contribution in [0.5, 0.6) is 0 Å². The molecule has 0 aliphatic carbocycles. The van der Waals surface area contributed by atoms with Crippen molar-refractivity contribution in [3.05, 3.63) is 32.7 Å². The van der Waals surface area contributed by atoms with Crippen LogP contribution >= 0.6 is 15.9 Å². The summed E-state index contributed by atoms with van der Waals surface area (Å²) in [6, 6.07) is 1.10. The zero-order valence-corrected chi connectivity index (χ0v) is 6.86. The summed E-state index contributed by atoms with van der Waals surface area (Å²) in [7, 11) is 0. The molecule has 1 aromatic rings. The monoisotopic (exact) mass is 223 g/mol. The lowest BCUT2D eigenvalue weighted by Crippen LogP contribution is -2.06. The molecule has 1 rings (SSSR count). The van der Waals surface area contributed by atoms with Crippen LogP contribution in [0.4, 0.5) is 8.78 Å². The van der Waals surface area contributed by atoms with Gasteiger partial charge in [-0.2, -0.15) is 0 Å². The van der Waals surface area contributed by atoms with E-state index in [0.29, 0.717) is 0 Å². The van der Waals surface area contributed by atoms with E-state index in [0.717, 1.165) is 12.3 Å². The third kappa shape index (κ3) is 1.86. The normalized spacial score (nSPS) is 10.5. The average Bonchev–Trinajstić information content (AvgIpc) is 1.94. The van der Waals surface area contributed by atoms with E-state index in [-0.39, 0.29) is 10.0 Å². The van der Waals surface area contributed by atoms with Gasteiger partial charge < -0.3 is 4.98 Å². The molecule has 0 unspecified atom stereocenters. The molecule has 0 saturated heterocycles. The molecule has 1 heterocycles. The van der Waals surface area contributed by atoms with Crippen molar-refractivity contribution in [3.63, 3.8) is 0 Å². The molecule has 0 aliphatic rings. The fourth-order valence-corrected chi connectivity index (χ4v) is 0.976. The van der Waals surface area contributed by atoms with Crippen molar-refractivity contribution >= 4 is 15.9 Å². The van der Waals surface area contributed by atoms with Gasteiger partial charge in [0.05, 0.1) is 4.47 Å². The van der Waals surface area contributed by atoms with E-state index in [4.69, 9.17) is 0 Å². The lowest BCUT2D eigenvalue weighted by atomic mass is 10.3. The molecule has 0 fully saturated rings. The summed E-state index contributed by atoms with van der Waals surface area (Å²) in [6.45, 7) is 0. The van der Waals surface area contributed by atoms with Gasteiger partial charge in [0.15, 0.2) is 0 Å². The standard InChI is InChI=1S/C6H4BrF2NO/c7-4-1-3(5(8)9)2-10-6(4)11/h1-2,5H,(H,10,11). The maximum absolute atomic E-state index is 11.9. The second-order valence-electron chi connectivity index (χ2n) is 1.91. The van der Waals surface area contributed by atoms with Gasteiger partial charge in [0.1, 0.15) is 0 Å². The number of halogens is 3. The lowest BCUT2D eigenvalue weighted by Gasteiger charge is -1.97. The van der Waals surface area contributed by atoms with E-state index in [1.807, 2.05) is 0 Å². The van der Waals surface area contributed by atoms with Crippen LogP contribution < -0.4 is 5.56 Å². The topological polar surface area (TPSA) is 32.9 Å². The van der Waals surface area contributed by atoms with Gasteiger partial charge in [0, 0.05) is 11.8 Å². The summed E-state index contributed by atoms with van der Waals surface area (Å²) in [4.78, 5) is 12.8. The molecule has 0 radical (unpaired) electrons. The van der Waals surface area contributed by atoms with Crippen LogP contribution in [0.1, 0.15) is 12.0 Å². The van der Waals surface area contributed by atoms with Crippen molar-refractivity contribution in [2.75, 3.05) is 0 Å². The van der Waals surface area contributed by atoms with Gasteiger partial charge in [-0.05, 0) is 22.0 Å². The Labute approximate surface area is 69.4 Å². The Bertz CT molecular complexity index is 310. The third-order valence-corrected chi connectivity index (χ3v) is 1.72. The molecule has 2 nitrogen and oxygen atoms in total. The Morgan fingerprint density at radius 2 is 2.18 bits per heavy atom. The smallest absolute Gasteiger partial charge is 0.265 e. The number of aromatic amines is 1. The molecular formula is C6H4BrF2NO. The molecular weight excluding hydrogens is 220 g/mol. The first kappa shape index (κ1) is 8.39. The van der Waals surface area contributed by atoms with Crippen LogP contribution in [-0.4, -0.2) is 4.98 Å². The largest absolute Gasteiger partial charge is 0.328 e. The summed E-state index contributed by atoms with van der Waals surface area (Å²) >= 11 is 2.84. The summed E-state index contributed by atoms with van der Waals surface area (Å²) in [5.74, 6) is 0. The third-order valence-electron chi connectivity index (χ3n) is 1.13. The number of pyridine rings is 1. The highest BCUT2D eigenvalue weighted by Crippen LogP contribution is 2.18. The quantitative estimate of drug-likeness (QED) is 0.778. The van der Waals surface area contributed by atoms with Gasteiger partial charge in [-0.15, -0.1) is 0 Å². The van der Waals surface area contributed by atoms with Crippen molar-refractivity contribution in [2.45, 2.75) is 6.43 Å². The minimum absolute atomic E-state index is 0.121. The first-order valence-electron chi connectivity index (χ1n) is 2.77. The van der Waals surface area contributed by atoms with Crippen molar-refractivity contribution in [2.24, 2.45) is 0 Å². The Morgan fingerprint density at radius 3 is 2.64 bits per heavy atom. The number of nitrogens with one attached hydrogen (secondary N) is 1. The molecule has 11 heavy (non-hydrogen) atoms. The number of aromatic nitrogens is 1. The van der Waals surface area contributed by atoms with E-state index >= 15 is 0 Å². The van der Waals surface area contributed by atoms with Gasteiger partial charge >= 0.3 is 0 Å². The molecule has 5 heteroatoms. The van der Waals surface area contributed by atoms with Gasteiger partial charge in [-0.3, -0.25) is 4.79 Å². The van der Waals surface area contributed by atoms with Crippen LogP contribution in [0, 0.1) is 0 Å². The van der Waals surface area contributed by atoms with E-state index in [9.17, 15) is 13.6 Å². The predicted molar refractivity (Wildman–Crippen MR) is 39.7 cm³/mol. The molecule has 0 atom stereocenters. The molecule has 0 aromatic carbocycles. The number of hydrogen-bond donors (Lipinski definition) is 1.